The first-order chi connectivity index (χ1) is 9.54. The Bertz CT molecular complexity index is 313. The molecule has 0 saturated carbocycles. The third-order valence-electron chi connectivity index (χ3n) is 3.09. The fraction of sp³-hybridized carbons (Fsp3) is 0.688. The molecule has 0 saturated heterocycles. The molecule has 0 fully saturated rings. The Morgan fingerprint density at radius 1 is 1.35 bits per heavy atom. The average Bonchev–Trinajstić information content (AvgIpc) is 2.41. The van der Waals surface area contributed by atoms with Crippen molar-refractivity contribution in [2.75, 3.05) is 33.4 Å². The zero-order chi connectivity index (χ0) is 15.4. The van der Waals surface area contributed by atoms with Gasteiger partial charge in [0.2, 0.25) is 0 Å². The topological polar surface area (TPSA) is 38.8 Å². The maximum atomic E-state index is 11.8. The van der Waals surface area contributed by atoms with Gasteiger partial charge in [-0.25, -0.2) is 0 Å². The van der Waals surface area contributed by atoms with E-state index in [1.165, 1.54) is 5.57 Å². The minimum atomic E-state index is -0.159. The number of hydrogen-bond donors (Lipinski definition) is 0. The van der Waals surface area contributed by atoms with Crippen molar-refractivity contribution in [2.24, 2.45) is 0 Å². The first-order valence-corrected chi connectivity index (χ1v) is 7.26. The largest absolute Gasteiger partial charge is 0.463 e. The molecule has 0 aliphatic carbocycles. The molecule has 4 nitrogen and oxygen atoms in total. The maximum absolute atomic E-state index is 11.8. The molecule has 0 unspecified atom stereocenters. The lowest BCUT2D eigenvalue weighted by atomic mass is 10.1. The number of nitrogens with zero attached hydrogens (tertiary/aromatic N) is 1. The van der Waals surface area contributed by atoms with Crippen LogP contribution < -0.4 is 0 Å². The highest BCUT2D eigenvalue weighted by atomic mass is 16.6. The quantitative estimate of drug-likeness (QED) is 0.332. The van der Waals surface area contributed by atoms with Crippen LogP contribution in [0.2, 0.25) is 0 Å². The number of carbonyl (C=O) groups excluding carboxylic acids is 1. The summed E-state index contributed by atoms with van der Waals surface area (Å²) >= 11 is 0. The van der Waals surface area contributed by atoms with Crippen molar-refractivity contribution in [3.8, 4) is 0 Å². The molecule has 0 bridgehead atoms. The lowest BCUT2D eigenvalue weighted by Gasteiger charge is -2.26. The van der Waals surface area contributed by atoms with Gasteiger partial charge in [-0.1, -0.05) is 31.2 Å². The maximum Gasteiger partial charge on any atom is 0.307 e. The molecule has 0 aromatic rings. The van der Waals surface area contributed by atoms with E-state index in [0.29, 0.717) is 26.2 Å². The predicted octanol–water partition coefficient (Wildman–Crippen LogP) is 2.80. The first-order valence-electron chi connectivity index (χ1n) is 7.26. The van der Waals surface area contributed by atoms with Crippen LogP contribution in [-0.4, -0.2) is 50.3 Å². The molecule has 20 heavy (non-hydrogen) atoms. The minimum Gasteiger partial charge on any atom is -0.463 e. The molecule has 1 atom stereocenters. The van der Waals surface area contributed by atoms with E-state index in [-0.39, 0.29) is 12.0 Å². The van der Waals surface area contributed by atoms with Crippen molar-refractivity contribution in [1.82, 2.24) is 4.90 Å². The molecule has 0 spiro atoms. The average molecular weight is 283 g/mol. The van der Waals surface area contributed by atoms with E-state index in [9.17, 15) is 4.79 Å². The van der Waals surface area contributed by atoms with Crippen LogP contribution in [0.4, 0.5) is 0 Å². The van der Waals surface area contributed by atoms with Crippen LogP contribution in [0.25, 0.3) is 0 Å². The van der Waals surface area contributed by atoms with Crippen LogP contribution in [0, 0.1) is 0 Å². The van der Waals surface area contributed by atoms with Crippen LogP contribution in [0.3, 0.4) is 0 Å². The van der Waals surface area contributed by atoms with Gasteiger partial charge in [-0.15, -0.1) is 0 Å². The molecular formula is C16H29NO3. The Hall–Kier alpha value is -1.13. The van der Waals surface area contributed by atoms with Crippen molar-refractivity contribution in [2.45, 2.75) is 39.7 Å². The molecule has 4 heteroatoms. The van der Waals surface area contributed by atoms with Gasteiger partial charge in [0, 0.05) is 19.2 Å². The summed E-state index contributed by atoms with van der Waals surface area (Å²) in [5, 5.41) is 0. The summed E-state index contributed by atoms with van der Waals surface area (Å²) in [5.74, 6) is -0.159. The number of likely N-dealkylation sites (N-methyl/N-ethyl adjacent to an activating group) is 1. The van der Waals surface area contributed by atoms with Crippen molar-refractivity contribution in [3.05, 3.63) is 24.3 Å². The third kappa shape index (κ3) is 8.88. The normalized spacial score (nSPS) is 13.3. The first kappa shape index (κ1) is 18.9. The smallest absolute Gasteiger partial charge is 0.307 e. The lowest BCUT2D eigenvalue weighted by molar-refractivity contribution is -0.146. The summed E-state index contributed by atoms with van der Waals surface area (Å²) in [6.07, 6.45) is 5.11. The summed E-state index contributed by atoms with van der Waals surface area (Å²) in [6, 6.07) is 0.197. The van der Waals surface area contributed by atoms with E-state index >= 15 is 0 Å². The Morgan fingerprint density at radius 3 is 2.60 bits per heavy atom. The Labute approximate surface area is 123 Å². The molecule has 0 heterocycles. The summed E-state index contributed by atoms with van der Waals surface area (Å²) in [4.78, 5) is 13.9. The monoisotopic (exact) mass is 283 g/mol. The molecule has 0 rings (SSSR count). The van der Waals surface area contributed by atoms with Gasteiger partial charge < -0.3 is 9.47 Å². The van der Waals surface area contributed by atoms with Gasteiger partial charge in [-0.2, -0.15) is 0 Å². The van der Waals surface area contributed by atoms with Crippen LogP contribution in [0.15, 0.2) is 24.3 Å². The fourth-order valence-corrected chi connectivity index (χ4v) is 2.00. The minimum absolute atomic E-state index is 0.159. The second-order valence-electron chi connectivity index (χ2n) is 4.85. The number of rotatable bonds is 11. The van der Waals surface area contributed by atoms with Crippen LogP contribution in [0.1, 0.15) is 33.6 Å². The highest BCUT2D eigenvalue weighted by Crippen LogP contribution is 2.10. The van der Waals surface area contributed by atoms with Crippen LogP contribution in [-0.2, 0) is 14.3 Å². The second-order valence-corrected chi connectivity index (χ2v) is 4.85. The van der Waals surface area contributed by atoms with Gasteiger partial charge in [-0.05, 0) is 27.3 Å². The van der Waals surface area contributed by atoms with E-state index in [4.69, 9.17) is 9.47 Å². The standard InChI is InChI=1S/C16H29NO3/c1-6-9-14(4)13-17(5)15(7-2)12-16(18)20-11-10-19-8-3/h6,9,15H,1,7-8,10-13H2,2-5H3/b14-9+/t15-/m0/s1. The molecule has 0 aromatic heterocycles. The molecular weight excluding hydrogens is 254 g/mol. The highest BCUT2D eigenvalue weighted by Gasteiger charge is 2.17. The van der Waals surface area contributed by atoms with E-state index in [0.717, 1.165) is 13.0 Å². The molecule has 0 aliphatic rings. The van der Waals surface area contributed by atoms with Crippen LogP contribution >= 0.6 is 0 Å². The van der Waals surface area contributed by atoms with E-state index in [2.05, 4.69) is 25.3 Å². The van der Waals surface area contributed by atoms with Crippen molar-refractivity contribution < 1.29 is 14.3 Å². The number of allylic oxidation sites excluding steroid dienone is 2. The fourth-order valence-electron chi connectivity index (χ4n) is 2.00. The lowest BCUT2D eigenvalue weighted by Crippen LogP contribution is -2.35. The van der Waals surface area contributed by atoms with Gasteiger partial charge in [0.15, 0.2) is 0 Å². The predicted molar refractivity (Wildman–Crippen MR) is 82.7 cm³/mol. The summed E-state index contributed by atoms with van der Waals surface area (Å²) in [7, 11) is 2.03. The molecule has 0 aromatic carbocycles. The number of hydrogen-bond acceptors (Lipinski definition) is 4. The summed E-state index contributed by atoms with van der Waals surface area (Å²) in [5.41, 5.74) is 1.23. The van der Waals surface area contributed by atoms with E-state index in [1.807, 2.05) is 20.0 Å². The Kier molecular flexibility index (Phi) is 11.0. The summed E-state index contributed by atoms with van der Waals surface area (Å²) < 4.78 is 10.3. The van der Waals surface area contributed by atoms with Crippen LogP contribution in [0.5, 0.6) is 0 Å². The van der Waals surface area contributed by atoms with Gasteiger partial charge in [0.05, 0.1) is 13.0 Å². The highest BCUT2D eigenvalue weighted by molar-refractivity contribution is 5.70. The molecule has 116 valence electrons. The number of esters is 1. The van der Waals surface area contributed by atoms with Crippen molar-refractivity contribution in [3.63, 3.8) is 0 Å². The number of carbonyl (C=O) groups is 1. The summed E-state index contributed by atoms with van der Waals surface area (Å²) in [6.45, 7) is 12.0. The van der Waals surface area contributed by atoms with Gasteiger partial charge in [0.1, 0.15) is 6.61 Å². The van der Waals surface area contributed by atoms with Crippen molar-refractivity contribution in [1.29, 1.82) is 0 Å². The molecule has 0 amide bonds. The van der Waals surface area contributed by atoms with E-state index in [1.54, 1.807) is 6.08 Å². The van der Waals surface area contributed by atoms with Gasteiger partial charge in [0.25, 0.3) is 0 Å². The zero-order valence-corrected chi connectivity index (χ0v) is 13.4. The third-order valence-corrected chi connectivity index (χ3v) is 3.09. The molecule has 0 aliphatic heterocycles. The molecule has 0 radical (unpaired) electrons. The van der Waals surface area contributed by atoms with Gasteiger partial charge >= 0.3 is 5.97 Å². The van der Waals surface area contributed by atoms with Gasteiger partial charge in [-0.3, -0.25) is 9.69 Å². The number of ether oxygens (including phenoxy) is 2. The van der Waals surface area contributed by atoms with Crippen molar-refractivity contribution >= 4 is 5.97 Å². The van der Waals surface area contributed by atoms with E-state index < -0.39 is 0 Å². The Balaban J connectivity index is 4.15. The zero-order valence-electron chi connectivity index (χ0n) is 13.4. The second kappa shape index (κ2) is 11.7. The SMILES string of the molecule is C=C/C=C(\C)CN(C)[C@@H](CC)CC(=O)OCCOCC. The Morgan fingerprint density at radius 2 is 2.05 bits per heavy atom. The molecule has 0 N–H and O–H groups in total.